The van der Waals surface area contributed by atoms with Crippen LogP contribution in [0.5, 0.6) is 0 Å². The molecule has 0 aliphatic rings. The van der Waals surface area contributed by atoms with E-state index in [0.29, 0.717) is 5.82 Å². The Labute approximate surface area is 265 Å². The lowest BCUT2D eigenvalue weighted by molar-refractivity contribution is 1.18. The molecule has 216 valence electrons. The van der Waals surface area contributed by atoms with Crippen molar-refractivity contribution in [2.24, 2.45) is 0 Å². The van der Waals surface area contributed by atoms with Crippen LogP contribution >= 0.6 is 0 Å². The number of hydrogen-bond donors (Lipinski definition) is 0. The highest BCUT2D eigenvalue weighted by Gasteiger charge is 2.17. The molecule has 0 radical (unpaired) electrons. The molecule has 0 atom stereocenters. The van der Waals surface area contributed by atoms with Crippen LogP contribution < -0.4 is 0 Å². The monoisotopic (exact) mass is 578 g/mol. The summed E-state index contributed by atoms with van der Waals surface area (Å²) in [5, 5.41) is 0. The van der Waals surface area contributed by atoms with Gasteiger partial charge in [-0.1, -0.05) is 150 Å². The average molecular weight is 579 g/mol. The first kappa shape index (κ1) is 28.2. The van der Waals surface area contributed by atoms with E-state index in [0.717, 1.165) is 39.1 Å². The summed E-state index contributed by atoms with van der Waals surface area (Å²) < 4.78 is 0. The van der Waals surface area contributed by atoms with Crippen molar-refractivity contribution in [1.29, 1.82) is 0 Å². The van der Waals surface area contributed by atoms with Crippen LogP contribution in [-0.4, -0.2) is 9.97 Å². The molecule has 0 saturated heterocycles. The van der Waals surface area contributed by atoms with Crippen LogP contribution in [0, 0.1) is 20.8 Å². The highest BCUT2D eigenvalue weighted by atomic mass is 14.9. The summed E-state index contributed by atoms with van der Waals surface area (Å²) in [4.78, 5) is 10.2. The normalized spacial score (nSPS) is 11.0. The van der Waals surface area contributed by atoms with E-state index < -0.39 is 0 Å². The van der Waals surface area contributed by atoms with Crippen LogP contribution in [0.4, 0.5) is 0 Å². The maximum Gasteiger partial charge on any atom is 0.159 e. The molecule has 2 nitrogen and oxygen atoms in total. The van der Waals surface area contributed by atoms with Crippen LogP contribution in [-0.2, 0) is 0 Å². The predicted octanol–water partition coefficient (Wildman–Crippen LogP) is 11.4. The molecule has 0 aliphatic carbocycles. The molecule has 0 fully saturated rings. The maximum atomic E-state index is 5.29. The molecule has 2 heteroatoms. The molecule has 7 aromatic rings. The minimum atomic E-state index is 0.711. The van der Waals surface area contributed by atoms with Gasteiger partial charge in [0, 0.05) is 22.9 Å². The van der Waals surface area contributed by atoms with E-state index in [9.17, 15) is 0 Å². The molecule has 0 N–H and O–H groups in total. The quantitative estimate of drug-likeness (QED) is 0.196. The lowest BCUT2D eigenvalue weighted by Crippen LogP contribution is -1.98. The van der Waals surface area contributed by atoms with Gasteiger partial charge in [-0.05, 0) is 71.8 Å². The summed E-state index contributed by atoms with van der Waals surface area (Å²) in [5.74, 6) is 0.711. The van der Waals surface area contributed by atoms with Gasteiger partial charge in [0.2, 0.25) is 0 Å². The summed E-state index contributed by atoms with van der Waals surface area (Å²) in [6.07, 6.45) is 1.99. The van der Waals surface area contributed by atoms with Gasteiger partial charge in [0.15, 0.2) is 5.82 Å². The Hall–Kier alpha value is -5.60. The van der Waals surface area contributed by atoms with Crippen molar-refractivity contribution < 1.29 is 0 Å². The van der Waals surface area contributed by atoms with Crippen molar-refractivity contribution in [2.45, 2.75) is 20.8 Å². The molecule has 1 heterocycles. The van der Waals surface area contributed by atoms with Gasteiger partial charge in [-0.2, -0.15) is 0 Å². The maximum absolute atomic E-state index is 5.29. The lowest BCUT2D eigenvalue weighted by atomic mass is 9.91. The number of aromatic nitrogens is 2. The van der Waals surface area contributed by atoms with Crippen molar-refractivity contribution in [3.63, 3.8) is 0 Å². The Morgan fingerprint density at radius 2 is 0.911 bits per heavy atom. The fraction of sp³-hybridized carbons (Fsp3) is 0.0698. The summed E-state index contributed by atoms with van der Waals surface area (Å²) in [6.45, 7) is 6.43. The zero-order chi connectivity index (χ0) is 30.8. The molecule has 0 spiro atoms. The van der Waals surface area contributed by atoms with Crippen molar-refractivity contribution in [2.75, 3.05) is 0 Å². The van der Waals surface area contributed by atoms with Crippen molar-refractivity contribution in [1.82, 2.24) is 9.97 Å². The largest absolute Gasteiger partial charge is 0.236 e. The Morgan fingerprint density at radius 3 is 1.60 bits per heavy atom. The van der Waals surface area contributed by atoms with Crippen LogP contribution in [0.25, 0.3) is 67.2 Å². The lowest BCUT2D eigenvalue weighted by Gasteiger charge is -2.16. The summed E-state index contributed by atoms with van der Waals surface area (Å²) in [5.41, 5.74) is 15.9. The van der Waals surface area contributed by atoms with E-state index in [-0.39, 0.29) is 0 Å². The minimum absolute atomic E-state index is 0.711. The molecule has 7 rings (SSSR count). The topological polar surface area (TPSA) is 25.8 Å². The smallest absolute Gasteiger partial charge is 0.159 e. The number of nitrogens with zero attached hydrogens (tertiary/aromatic N) is 2. The van der Waals surface area contributed by atoms with Crippen LogP contribution in [0.3, 0.4) is 0 Å². The second-order valence-corrected chi connectivity index (χ2v) is 11.8. The fourth-order valence-corrected chi connectivity index (χ4v) is 6.09. The highest BCUT2D eigenvalue weighted by molar-refractivity contribution is 5.91. The molecule has 0 amide bonds. The van der Waals surface area contributed by atoms with Crippen molar-refractivity contribution in [3.8, 4) is 67.2 Å². The summed E-state index contributed by atoms with van der Waals surface area (Å²) >= 11 is 0. The Morgan fingerprint density at radius 1 is 0.356 bits per heavy atom. The van der Waals surface area contributed by atoms with E-state index in [1.165, 1.54) is 38.9 Å². The summed E-state index contributed by atoms with van der Waals surface area (Å²) in [6, 6.07) is 51.8. The molecule has 1 aromatic heterocycles. The van der Waals surface area contributed by atoms with Gasteiger partial charge in [0.1, 0.15) is 0 Å². The number of benzene rings is 6. The third-order valence-electron chi connectivity index (χ3n) is 8.29. The molecular weight excluding hydrogens is 544 g/mol. The Balaban J connectivity index is 1.41. The molecular formula is C43H34N2. The van der Waals surface area contributed by atoms with Crippen molar-refractivity contribution in [3.05, 3.63) is 168 Å². The third-order valence-corrected chi connectivity index (χ3v) is 8.29. The average Bonchev–Trinajstić information content (AvgIpc) is 3.08. The van der Waals surface area contributed by atoms with Gasteiger partial charge in [-0.15, -0.1) is 0 Å². The van der Waals surface area contributed by atoms with Gasteiger partial charge < -0.3 is 0 Å². The zero-order valence-electron chi connectivity index (χ0n) is 25.8. The van der Waals surface area contributed by atoms with Crippen molar-refractivity contribution >= 4 is 0 Å². The third kappa shape index (κ3) is 5.96. The van der Waals surface area contributed by atoms with E-state index in [1.807, 2.05) is 24.4 Å². The van der Waals surface area contributed by atoms with Gasteiger partial charge in [0.05, 0.1) is 5.69 Å². The standard InChI is InChI=1S/C43H34N2/c1-29-19-21-32(22-20-29)34-13-9-15-36(26-34)39-17-7-8-18-40(39)42-41(28-44-43(45-42)33-11-5-4-6-12-33)37-16-10-14-35(27-37)38-24-30(2)23-31(3)25-38/h4-28H,1-3H3. The van der Waals surface area contributed by atoms with Gasteiger partial charge in [-0.25, -0.2) is 9.97 Å². The van der Waals surface area contributed by atoms with Gasteiger partial charge in [-0.3, -0.25) is 0 Å². The first-order valence-corrected chi connectivity index (χ1v) is 15.4. The van der Waals surface area contributed by atoms with Gasteiger partial charge >= 0.3 is 0 Å². The van der Waals surface area contributed by atoms with Crippen LogP contribution in [0.15, 0.2) is 152 Å². The van der Waals surface area contributed by atoms with Gasteiger partial charge in [0.25, 0.3) is 0 Å². The molecule has 45 heavy (non-hydrogen) atoms. The van der Waals surface area contributed by atoms with E-state index in [2.05, 4.69) is 148 Å². The SMILES string of the molecule is Cc1ccc(-c2cccc(-c3ccccc3-c3nc(-c4ccccc4)ncc3-c3cccc(-c4cc(C)cc(C)c4)c3)c2)cc1. The zero-order valence-corrected chi connectivity index (χ0v) is 25.8. The highest BCUT2D eigenvalue weighted by Crippen LogP contribution is 2.39. The second-order valence-electron chi connectivity index (χ2n) is 11.8. The first-order chi connectivity index (χ1) is 22.0. The predicted molar refractivity (Wildman–Crippen MR) is 189 cm³/mol. The second kappa shape index (κ2) is 12.2. The molecule has 0 bridgehead atoms. The number of rotatable bonds is 6. The molecule has 0 saturated carbocycles. The first-order valence-electron chi connectivity index (χ1n) is 15.4. The Kier molecular flexibility index (Phi) is 7.63. The molecule has 0 unspecified atom stereocenters. The molecule has 6 aromatic carbocycles. The van der Waals surface area contributed by atoms with Crippen LogP contribution in [0.2, 0.25) is 0 Å². The fourth-order valence-electron chi connectivity index (χ4n) is 6.09. The van der Waals surface area contributed by atoms with Crippen LogP contribution in [0.1, 0.15) is 16.7 Å². The van der Waals surface area contributed by atoms with E-state index >= 15 is 0 Å². The molecule has 0 aliphatic heterocycles. The van der Waals surface area contributed by atoms with E-state index in [4.69, 9.17) is 9.97 Å². The Bertz CT molecular complexity index is 2110. The van der Waals surface area contributed by atoms with E-state index in [1.54, 1.807) is 0 Å². The minimum Gasteiger partial charge on any atom is -0.236 e. The number of aryl methyl sites for hydroxylation is 3. The number of hydrogen-bond acceptors (Lipinski definition) is 2. The summed E-state index contributed by atoms with van der Waals surface area (Å²) in [7, 11) is 0.